The molecule has 7 nitrogen and oxygen atoms in total. The Morgan fingerprint density at radius 3 is 2.70 bits per heavy atom. The minimum Gasteiger partial charge on any atom is -0.379 e. The molecule has 2 aliphatic heterocycles. The summed E-state index contributed by atoms with van der Waals surface area (Å²) in [7, 11) is 0. The number of rotatable bonds is 7. The summed E-state index contributed by atoms with van der Waals surface area (Å²) >= 11 is 5.91. The number of morpholine rings is 1. The van der Waals surface area contributed by atoms with Crippen LogP contribution in [0.5, 0.6) is 0 Å². The number of ether oxygens (including phenoxy) is 1. The van der Waals surface area contributed by atoms with Crippen LogP contribution >= 0.6 is 11.6 Å². The van der Waals surface area contributed by atoms with Crippen molar-refractivity contribution in [1.29, 1.82) is 0 Å². The van der Waals surface area contributed by atoms with Gasteiger partial charge in [0.2, 0.25) is 11.8 Å². The zero-order chi connectivity index (χ0) is 19.1. The standard InChI is InChI=1S/C19H25ClN4O3/c20-16-4-2-15(3-5-16)17-6-7-19(26)24(22-17)14-18(25)21-8-1-9-23-10-12-27-13-11-23/h2-6,22H,1,7-14H2,(H,21,25). The zero-order valence-electron chi connectivity index (χ0n) is 15.2. The smallest absolute Gasteiger partial charge is 0.245 e. The van der Waals surface area contributed by atoms with E-state index in [0.29, 0.717) is 11.6 Å². The molecule has 0 bridgehead atoms. The molecule has 0 aliphatic carbocycles. The molecule has 2 aliphatic rings. The highest BCUT2D eigenvalue weighted by molar-refractivity contribution is 6.30. The third kappa shape index (κ3) is 5.95. The predicted molar refractivity (Wildman–Crippen MR) is 104 cm³/mol. The van der Waals surface area contributed by atoms with Crippen molar-refractivity contribution < 1.29 is 14.3 Å². The fourth-order valence-electron chi connectivity index (χ4n) is 3.05. The number of hydrogen-bond donors (Lipinski definition) is 2. The second-order valence-corrected chi connectivity index (χ2v) is 7.01. The maximum absolute atomic E-state index is 12.2. The van der Waals surface area contributed by atoms with Gasteiger partial charge in [-0.25, -0.2) is 5.01 Å². The summed E-state index contributed by atoms with van der Waals surface area (Å²) in [6.07, 6.45) is 2.96. The summed E-state index contributed by atoms with van der Waals surface area (Å²) in [5, 5.41) is 4.90. The van der Waals surface area contributed by atoms with E-state index in [0.717, 1.165) is 50.5 Å². The van der Waals surface area contributed by atoms with Crippen LogP contribution in [0.1, 0.15) is 18.4 Å². The fraction of sp³-hybridized carbons (Fsp3) is 0.474. The summed E-state index contributed by atoms with van der Waals surface area (Å²) < 4.78 is 5.32. The average molecular weight is 393 g/mol. The summed E-state index contributed by atoms with van der Waals surface area (Å²) in [5.41, 5.74) is 4.75. The molecule has 1 aromatic carbocycles. The van der Waals surface area contributed by atoms with Gasteiger partial charge in [-0.3, -0.25) is 19.9 Å². The van der Waals surface area contributed by atoms with Crippen molar-refractivity contribution >= 4 is 29.1 Å². The van der Waals surface area contributed by atoms with Gasteiger partial charge in [-0.05, 0) is 36.7 Å². The highest BCUT2D eigenvalue weighted by Crippen LogP contribution is 2.19. The summed E-state index contributed by atoms with van der Waals surface area (Å²) in [6, 6.07) is 7.34. The summed E-state index contributed by atoms with van der Waals surface area (Å²) in [6.45, 7) is 4.96. The molecule has 1 saturated heterocycles. The first-order valence-electron chi connectivity index (χ1n) is 9.22. The molecule has 0 unspecified atom stereocenters. The van der Waals surface area contributed by atoms with E-state index in [1.165, 1.54) is 5.01 Å². The topological polar surface area (TPSA) is 73.9 Å². The molecule has 0 atom stereocenters. The molecule has 27 heavy (non-hydrogen) atoms. The second-order valence-electron chi connectivity index (χ2n) is 6.58. The van der Waals surface area contributed by atoms with Crippen LogP contribution in [0, 0.1) is 0 Å². The first kappa shape index (κ1) is 19.7. The summed E-state index contributed by atoms with van der Waals surface area (Å²) in [5.74, 6) is -0.300. The van der Waals surface area contributed by atoms with Crippen molar-refractivity contribution in [3.05, 3.63) is 40.9 Å². The highest BCUT2D eigenvalue weighted by Gasteiger charge is 2.22. The van der Waals surface area contributed by atoms with E-state index in [-0.39, 0.29) is 24.8 Å². The predicted octanol–water partition coefficient (Wildman–Crippen LogP) is 1.26. The molecule has 8 heteroatoms. The molecular weight excluding hydrogens is 368 g/mol. The van der Waals surface area contributed by atoms with Gasteiger partial charge in [0, 0.05) is 31.1 Å². The lowest BCUT2D eigenvalue weighted by atomic mass is 10.1. The Morgan fingerprint density at radius 2 is 1.96 bits per heavy atom. The number of carbonyl (C=O) groups excluding carboxylic acids is 2. The Hall–Kier alpha value is -2.09. The zero-order valence-corrected chi connectivity index (χ0v) is 16.0. The number of nitrogens with one attached hydrogen (secondary N) is 2. The largest absolute Gasteiger partial charge is 0.379 e. The lowest BCUT2D eigenvalue weighted by Crippen LogP contribution is -2.49. The Kier molecular flexibility index (Phi) is 7.09. The van der Waals surface area contributed by atoms with Crippen molar-refractivity contribution in [2.45, 2.75) is 12.8 Å². The maximum atomic E-state index is 12.2. The monoisotopic (exact) mass is 392 g/mol. The van der Waals surface area contributed by atoms with E-state index in [2.05, 4.69) is 15.6 Å². The van der Waals surface area contributed by atoms with Crippen LogP contribution in [0.2, 0.25) is 5.02 Å². The van der Waals surface area contributed by atoms with Crippen LogP contribution in [0.3, 0.4) is 0 Å². The number of carbonyl (C=O) groups is 2. The third-order valence-corrected chi connectivity index (χ3v) is 4.82. The third-order valence-electron chi connectivity index (χ3n) is 4.57. The highest BCUT2D eigenvalue weighted by atomic mass is 35.5. The van der Waals surface area contributed by atoms with Crippen LogP contribution in [-0.2, 0) is 14.3 Å². The van der Waals surface area contributed by atoms with Gasteiger partial charge in [0.1, 0.15) is 6.54 Å². The van der Waals surface area contributed by atoms with E-state index in [9.17, 15) is 9.59 Å². The minimum absolute atomic E-state index is 0.0126. The first-order chi connectivity index (χ1) is 13.1. The Morgan fingerprint density at radius 1 is 1.22 bits per heavy atom. The minimum atomic E-state index is -0.171. The van der Waals surface area contributed by atoms with E-state index in [4.69, 9.17) is 16.3 Å². The Bertz CT molecular complexity index is 687. The molecule has 2 amide bonds. The molecule has 0 saturated carbocycles. The van der Waals surface area contributed by atoms with Crippen molar-refractivity contribution in [3.8, 4) is 0 Å². The SMILES string of the molecule is O=C(CN1NC(c2ccc(Cl)cc2)=CCC1=O)NCCCN1CCOCC1. The molecule has 0 spiro atoms. The lowest BCUT2D eigenvalue weighted by molar-refractivity contribution is -0.137. The van der Waals surface area contributed by atoms with Gasteiger partial charge in [-0.15, -0.1) is 0 Å². The number of benzene rings is 1. The van der Waals surface area contributed by atoms with Gasteiger partial charge in [0.25, 0.3) is 0 Å². The molecule has 0 radical (unpaired) electrons. The maximum Gasteiger partial charge on any atom is 0.245 e. The van der Waals surface area contributed by atoms with Gasteiger partial charge < -0.3 is 10.1 Å². The van der Waals surface area contributed by atoms with Gasteiger partial charge >= 0.3 is 0 Å². The summed E-state index contributed by atoms with van der Waals surface area (Å²) in [4.78, 5) is 26.6. The molecular formula is C19H25ClN4O3. The number of amides is 2. The number of halogens is 1. The fourth-order valence-corrected chi connectivity index (χ4v) is 3.17. The van der Waals surface area contributed by atoms with Gasteiger partial charge in [-0.2, -0.15) is 0 Å². The number of hydrazine groups is 1. The quantitative estimate of drug-likeness (QED) is 0.683. The van der Waals surface area contributed by atoms with E-state index in [1.807, 2.05) is 18.2 Å². The normalized spacial score (nSPS) is 18.0. The molecule has 1 aromatic rings. The van der Waals surface area contributed by atoms with Crippen molar-refractivity contribution in [3.63, 3.8) is 0 Å². The van der Waals surface area contributed by atoms with Crippen molar-refractivity contribution in [2.24, 2.45) is 0 Å². The van der Waals surface area contributed by atoms with Gasteiger partial charge in [-0.1, -0.05) is 23.7 Å². The van der Waals surface area contributed by atoms with Crippen LogP contribution in [0.25, 0.3) is 5.70 Å². The van der Waals surface area contributed by atoms with E-state index in [1.54, 1.807) is 12.1 Å². The Labute approximate surface area is 164 Å². The molecule has 0 aromatic heterocycles. The number of hydrogen-bond acceptors (Lipinski definition) is 5. The van der Waals surface area contributed by atoms with Crippen LogP contribution < -0.4 is 10.7 Å². The molecule has 3 rings (SSSR count). The van der Waals surface area contributed by atoms with Crippen LogP contribution in [0.4, 0.5) is 0 Å². The molecule has 146 valence electrons. The van der Waals surface area contributed by atoms with Crippen molar-refractivity contribution in [1.82, 2.24) is 20.7 Å². The Balaban J connectivity index is 1.42. The average Bonchev–Trinajstić information content (AvgIpc) is 2.68. The van der Waals surface area contributed by atoms with Gasteiger partial charge in [0.15, 0.2) is 0 Å². The van der Waals surface area contributed by atoms with Crippen LogP contribution in [-0.4, -0.2) is 67.7 Å². The molecule has 2 heterocycles. The number of nitrogens with zero attached hydrogens (tertiary/aromatic N) is 2. The van der Waals surface area contributed by atoms with Gasteiger partial charge in [0.05, 0.1) is 18.9 Å². The second kappa shape index (κ2) is 9.73. The molecule has 2 N–H and O–H groups in total. The van der Waals surface area contributed by atoms with Crippen LogP contribution in [0.15, 0.2) is 30.3 Å². The first-order valence-corrected chi connectivity index (χ1v) is 9.59. The van der Waals surface area contributed by atoms with Crippen molar-refractivity contribution in [2.75, 3.05) is 45.9 Å². The van der Waals surface area contributed by atoms with E-state index >= 15 is 0 Å². The molecule has 1 fully saturated rings. The van der Waals surface area contributed by atoms with E-state index < -0.39 is 0 Å². The lowest BCUT2D eigenvalue weighted by Gasteiger charge is -2.29.